The zero-order valence-electron chi connectivity index (χ0n) is 10.5. The molecule has 1 atom stereocenters. The van der Waals surface area contributed by atoms with Crippen LogP contribution in [0.3, 0.4) is 0 Å². The molecule has 2 rings (SSSR count). The van der Waals surface area contributed by atoms with Gasteiger partial charge in [0, 0.05) is 25.2 Å². The normalized spacial score (nSPS) is 18.4. The molecule has 1 saturated heterocycles. The van der Waals surface area contributed by atoms with Crippen LogP contribution in [0.15, 0.2) is 24.3 Å². The van der Waals surface area contributed by atoms with Gasteiger partial charge in [-0.2, -0.15) is 0 Å². The Hall–Kier alpha value is -1.82. The number of rotatable bonds is 3. The lowest BCUT2D eigenvalue weighted by Gasteiger charge is -2.16. The van der Waals surface area contributed by atoms with Gasteiger partial charge >= 0.3 is 0 Å². The minimum atomic E-state index is -0.598. The second-order valence-corrected chi connectivity index (χ2v) is 4.61. The molecule has 5 nitrogen and oxygen atoms in total. The molecule has 1 heterocycles. The van der Waals surface area contributed by atoms with Crippen molar-refractivity contribution in [2.45, 2.75) is 19.1 Å². The van der Waals surface area contributed by atoms with E-state index >= 15 is 0 Å². The van der Waals surface area contributed by atoms with E-state index in [0.29, 0.717) is 31.6 Å². The van der Waals surface area contributed by atoms with Gasteiger partial charge in [0.2, 0.25) is 7.85 Å². The lowest BCUT2D eigenvalue weighted by Crippen LogP contribution is -2.29. The molecule has 6 heteroatoms. The largest absolute Gasteiger partial charge is 0.391 e. The van der Waals surface area contributed by atoms with E-state index in [4.69, 9.17) is 7.85 Å². The number of carbonyl (C=O) groups is 2. The second kappa shape index (κ2) is 5.88. The summed E-state index contributed by atoms with van der Waals surface area (Å²) in [4.78, 5) is 24.5. The fraction of sp³-hybridized carbons (Fsp3) is 0.385. The first-order valence-corrected chi connectivity index (χ1v) is 6.16. The molecule has 0 aromatic heterocycles. The molecule has 1 aromatic rings. The van der Waals surface area contributed by atoms with Crippen molar-refractivity contribution in [2.24, 2.45) is 0 Å². The maximum absolute atomic E-state index is 12.2. The van der Waals surface area contributed by atoms with Gasteiger partial charge in [-0.15, -0.1) is 0 Å². The summed E-state index contributed by atoms with van der Waals surface area (Å²) in [5.74, 6) is -0.697. The summed E-state index contributed by atoms with van der Waals surface area (Å²) in [6, 6.07) is 7.02. The van der Waals surface area contributed by atoms with Crippen molar-refractivity contribution in [1.29, 1.82) is 0 Å². The second-order valence-electron chi connectivity index (χ2n) is 4.61. The number of nitrogens with zero attached hydrogens (tertiary/aromatic N) is 1. The molecule has 1 fully saturated rings. The van der Waals surface area contributed by atoms with Crippen molar-refractivity contribution in [2.75, 3.05) is 13.1 Å². The molecular formula is C13H15BN2O3. The molecule has 1 aliphatic rings. The van der Waals surface area contributed by atoms with Crippen LogP contribution >= 0.6 is 0 Å². The Bertz CT molecular complexity index is 493. The smallest absolute Gasteiger partial charge is 0.253 e. The Morgan fingerprint density at radius 3 is 2.89 bits per heavy atom. The first-order valence-electron chi connectivity index (χ1n) is 6.16. The third-order valence-corrected chi connectivity index (χ3v) is 3.09. The molecule has 1 aromatic carbocycles. The highest BCUT2D eigenvalue weighted by molar-refractivity contribution is 6.57. The SMILES string of the molecule is [B]C(=O)NCc1cccc(C(=O)N2CC[C@@H](O)C2)c1. The summed E-state index contributed by atoms with van der Waals surface area (Å²) < 4.78 is 0. The minimum Gasteiger partial charge on any atom is -0.391 e. The van der Waals surface area contributed by atoms with E-state index in [2.05, 4.69) is 5.32 Å². The first-order chi connectivity index (χ1) is 9.06. The van der Waals surface area contributed by atoms with Gasteiger partial charge in [-0.05, 0) is 24.1 Å². The predicted octanol–water partition coefficient (Wildman–Crippen LogP) is 0.272. The van der Waals surface area contributed by atoms with Crippen molar-refractivity contribution < 1.29 is 14.7 Å². The standard InChI is InChI=1S/C13H15BN2O3/c14-13(19)15-7-9-2-1-3-10(6-9)12(18)16-5-4-11(17)8-16/h1-3,6,11,17H,4-5,7-8H2,(H,15,19)/t11-/m1/s1. The Kier molecular flexibility index (Phi) is 4.22. The van der Waals surface area contributed by atoms with Crippen LogP contribution < -0.4 is 5.32 Å². The number of carbonyl (C=O) groups excluding carboxylic acids is 2. The van der Waals surface area contributed by atoms with E-state index in [1.165, 1.54) is 0 Å². The van der Waals surface area contributed by atoms with Crippen molar-refractivity contribution in [3.05, 3.63) is 35.4 Å². The summed E-state index contributed by atoms with van der Waals surface area (Å²) in [5.41, 5.74) is 1.36. The van der Waals surface area contributed by atoms with E-state index in [-0.39, 0.29) is 5.91 Å². The van der Waals surface area contributed by atoms with E-state index in [1.807, 2.05) is 6.07 Å². The van der Waals surface area contributed by atoms with Gasteiger partial charge in [0.05, 0.1) is 6.10 Å². The van der Waals surface area contributed by atoms with Crippen LogP contribution in [-0.2, 0) is 6.54 Å². The number of benzene rings is 1. The van der Waals surface area contributed by atoms with Crippen LogP contribution in [0, 0.1) is 0 Å². The van der Waals surface area contributed by atoms with E-state index < -0.39 is 11.9 Å². The number of aliphatic hydroxyl groups excluding tert-OH is 1. The lowest BCUT2D eigenvalue weighted by molar-refractivity contribution is 0.0765. The lowest BCUT2D eigenvalue weighted by atomic mass is 10.1. The molecular weight excluding hydrogens is 243 g/mol. The topological polar surface area (TPSA) is 69.6 Å². The van der Waals surface area contributed by atoms with Crippen LogP contribution in [-0.4, -0.2) is 48.8 Å². The van der Waals surface area contributed by atoms with Crippen molar-refractivity contribution in [1.82, 2.24) is 10.2 Å². The number of hydrogen-bond donors (Lipinski definition) is 2. The van der Waals surface area contributed by atoms with Crippen LogP contribution in [0.5, 0.6) is 0 Å². The Morgan fingerprint density at radius 1 is 1.47 bits per heavy atom. The highest BCUT2D eigenvalue weighted by Gasteiger charge is 2.25. The van der Waals surface area contributed by atoms with Crippen LogP contribution in [0.25, 0.3) is 0 Å². The van der Waals surface area contributed by atoms with Crippen molar-refractivity contribution in [3.8, 4) is 0 Å². The number of hydrogen-bond acceptors (Lipinski definition) is 3. The third-order valence-electron chi connectivity index (χ3n) is 3.09. The van der Waals surface area contributed by atoms with Gasteiger partial charge in [-0.25, -0.2) is 0 Å². The third kappa shape index (κ3) is 3.57. The maximum Gasteiger partial charge on any atom is 0.253 e. The van der Waals surface area contributed by atoms with Gasteiger partial charge < -0.3 is 15.3 Å². The Morgan fingerprint density at radius 2 is 2.26 bits per heavy atom. The number of aliphatic hydroxyl groups is 1. The van der Waals surface area contributed by atoms with Gasteiger partial charge in [-0.3, -0.25) is 9.59 Å². The van der Waals surface area contributed by atoms with E-state index in [0.717, 1.165) is 5.56 Å². The number of nitrogens with one attached hydrogen (secondary N) is 1. The molecule has 2 amide bonds. The zero-order chi connectivity index (χ0) is 13.8. The first kappa shape index (κ1) is 13.6. The predicted molar refractivity (Wildman–Crippen MR) is 71.0 cm³/mol. The highest BCUT2D eigenvalue weighted by Crippen LogP contribution is 2.14. The highest BCUT2D eigenvalue weighted by atomic mass is 16.3. The molecule has 0 unspecified atom stereocenters. The van der Waals surface area contributed by atoms with Crippen molar-refractivity contribution >= 4 is 19.6 Å². The van der Waals surface area contributed by atoms with Crippen LogP contribution in [0.2, 0.25) is 0 Å². The molecule has 1 aliphatic heterocycles. The zero-order valence-corrected chi connectivity index (χ0v) is 10.5. The molecule has 98 valence electrons. The van der Waals surface area contributed by atoms with Gasteiger partial charge in [0.25, 0.3) is 5.91 Å². The summed E-state index contributed by atoms with van der Waals surface area (Å²) >= 11 is 0. The Labute approximate surface area is 113 Å². The summed E-state index contributed by atoms with van der Waals surface area (Å²) in [6.07, 6.45) is 0.193. The van der Waals surface area contributed by atoms with Gasteiger partial charge in [-0.1, -0.05) is 12.1 Å². The number of β-amino-alcohol motifs (C(OH)–C–C–N with tert-alkyl or cyclic N) is 1. The summed E-state index contributed by atoms with van der Waals surface area (Å²) in [5, 5.41) is 11.9. The summed E-state index contributed by atoms with van der Waals surface area (Å²) in [7, 11) is 5.00. The molecule has 0 spiro atoms. The fourth-order valence-electron chi connectivity index (χ4n) is 2.11. The molecule has 2 radical (unpaired) electrons. The monoisotopic (exact) mass is 258 g/mol. The van der Waals surface area contributed by atoms with Crippen LogP contribution in [0.4, 0.5) is 4.79 Å². The number of likely N-dealkylation sites (tertiary alicyclic amines) is 1. The van der Waals surface area contributed by atoms with E-state index in [9.17, 15) is 14.7 Å². The molecule has 19 heavy (non-hydrogen) atoms. The number of amides is 2. The molecule has 2 N–H and O–H groups in total. The quantitative estimate of drug-likeness (QED) is 0.764. The Balaban J connectivity index is 2.05. The van der Waals surface area contributed by atoms with Gasteiger partial charge in [0.15, 0.2) is 5.81 Å². The van der Waals surface area contributed by atoms with Crippen LogP contribution in [0.1, 0.15) is 22.3 Å². The average molecular weight is 258 g/mol. The van der Waals surface area contributed by atoms with Crippen molar-refractivity contribution in [3.63, 3.8) is 0 Å². The van der Waals surface area contributed by atoms with Gasteiger partial charge in [0.1, 0.15) is 0 Å². The molecule has 0 aliphatic carbocycles. The van der Waals surface area contributed by atoms with E-state index in [1.54, 1.807) is 23.1 Å². The molecule has 0 saturated carbocycles. The minimum absolute atomic E-state index is 0.0996. The maximum atomic E-state index is 12.2. The average Bonchev–Trinajstić information content (AvgIpc) is 2.82. The summed E-state index contributed by atoms with van der Waals surface area (Å²) in [6.45, 7) is 1.24. The fourth-order valence-corrected chi connectivity index (χ4v) is 2.11. The molecule has 0 bridgehead atoms.